The third kappa shape index (κ3) is 4.39. The van der Waals surface area contributed by atoms with Crippen LogP contribution >= 0.6 is 0 Å². The highest BCUT2D eigenvalue weighted by molar-refractivity contribution is 5.31. The molecule has 0 fully saturated rings. The van der Waals surface area contributed by atoms with Gasteiger partial charge in [-0.2, -0.15) is 0 Å². The van der Waals surface area contributed by atoms with E-state index >= 15 is 0 Å². The summed E-state index contributed by atoms with van der Waals surface area (Å²) in [5.41, 5.74) is 2.32. The normalized spacial score (nSPS) is 10.9. The molecule has 0 aromatic heterocycles. The second-order valence-electron chi connectivity index (χ2n) is 5.18. The van der Waals surface area contributed by atoms with Crippen LogP contribution in [0.4, 0.5) is 0 Å². The second kappa shape index (κ2) is 7.71. The van der Waals surface area contributed by atoms with Crippen LogP contribution in [0.2, 0.25) is 0 Å². The topological polar surface area (TPSA) is 23.5 Å². The molecule has 0 spiro atoms. The molecule has 2 rings (SSSR count). The molecular weight excluding hydrogens is 246 g/mol. The number of para-hydroxylation sites is 1. The van der Waals surface area contributed by atoms with Gasteiger partial charge in [-0.05, 0) is 24.6 Å². The molecule has 1 N–H and O–H groups in total. The number of unbranched alkanes of at least 4 members (excludes halogenated alkanes) is 1. The Kier molecular flexibility index (Phi) is 5.63. The zero-order valence-corrected chi connectivity index (χ0v) is 12.1. The average molecular weight is 269 g/mol. The number of phenolic OH excluding ortho intramolecular Hbond substituents is 1. The smallest absolute Gasteiger partial charge is 0.120 e. The van der Waals surface area contributed by atoms with E-state index in [1.54, 1.807) is 6.07 Å². The number of nitrogens with zero attached hydrogens (tertiary/aromatic N) is 1. The van der Waals surface area contributed by atoms with Gasteiger partial charge in [0.05, 0.1) is 0 Å². The van der Waals surface area contributed by atoms with Gasteiger partial charge >= 0.3 is 0 Å². The average Bonchev–Trinajstić information content (AvgIpc) is 2.48. The van der Waals surface area contributed by atoms with Gasteiger partial charge in [-0.25, -0.2) is 0 Å². The summed E-state index contributed by atoms with van der Waals surface area (Å²) >= 11 is 0. The molecule has 0 amide bonds. The van der Waals surface area contributed by atoms with Gasteiger partial charge < -0.3 is 5.11 Å². The summed E-state index contributed by atoms with van der Waals surface area (Å²) in [7, 11) is 0. The van der Waals surface area contributed by atoms with E-state index in [1.165, 1.54) is 18.4 Å². The lowest BCUT2D eigenvalue weighted by atomic mass is 10.1. The third-order valence-corrected chi connectivity index (χ3v) is 3.46. The molecule has 0 atom stereocenters. The molecule has 0 aliphatic heterocycles. The zero-order chi connectivity index (χ0) is 14.2. The summed E-state index contributed by atoms with van der Waals surface area (Å²) in [5, 5.41) is 9.92. The summed E-state index contributed by atoms with van der Waals surface area (Å²) in [6.45, 7) is 4.98. The lowest BCUT2D eigenvalue weighted by Crippen LogP contribution is -2.24. The van der Waals surface area contributed by atoms with Crippen LogP contribution in [0.5, 0.6) is 5.75 Å². The highest BCUT2D eigenvalue weighted by Crippen LogP contribution is 2.19. The van der Waals surface area contributed by atoms with Crippen molar-refractivity contribution in [2.24, 2.45) is 0 Å². The molecule has 0 unspecified atom stereocenters. The first-order valence-corrected chi connectivity index (χ1v) is 7.32. The molecule has 2 aromatic rings. The first-order valence-electron chi connectivity index (χ1n) is 7.32. The van der Waals surface area contributed by atoms with Crippen LogP contribution in [0.3, 0.4) is 0 Å². The summed E-state index contributed by atoms with van der Waals surface area (Å²) in [6, 6.07) is 18.1. The Labute approximate surface area is 121 Å². The Morgan fingerprint density at radius 3 is 2.30 bits per heavy atom. The number of rotatable bonds is 7. The second-order valence-corrected chi connectivity index (χ2v) is 5.18. The van der Waals surface area contributed by atoms with Crippen molar-refractivity contribution in [2.45, 2.75) is 32.9 Å². The molecule has 0 saturated carbocycles. The van der Waals surface area contributed by atoms with Crippen LogP contribution in [0.25, 0.3) is 0 Å². The van der Waals surface area contributed by atoms with E-state index < -0.39 is 0 Å². The summed E-state index contributed by atoms with van der Waals surface area (Å²) in [5.74, 6) is 0.391. The molecule has 2 nitrogen and oxygen atoms in total. The fourth-order valence-electron chi connectivity index (χ4n) is 2.32. The van der Waals surface area contributed by atoms with Crippen LogP contribution in [0, 0.1) is 0 Å². The molecule has 106 valence electrons. The fraction of sp³-hybridized carbons (Fsp3) is 0.333. The van der Waals surface area contributed by atoms with Gasteiger partial charge in [-0.1, -0.05) is 61.9 Å². The minimum absolute atomic E-state index is 0.391. The molecule has 0 heterocycles. The largest absolute Gasteiger partial charge is 0.508 e. The standard InChI is InChI=1S/C18H23NO/c1-2-3-13-19(14-16-9-5-4-6-10-16)15-17-11-7-8-12-18(17)20/h4-12,20H,2-3,13-15H2,1H3. The number of aromatic hydroxyl groups is 1. The molecule has 0 radical (unpaired) electrons. The Morgan fingerprint density at radius 2 is 1.60 bits per heavy atom. The van der Waals surface area contributed by atoms with Crippen molar-refractivity contribution in [3.63, 3.8) is 0 Å². The molecule has 20 heavy (non-hydrogen) atoms. The molecule has 2 heteroatoms. The van der Waals surface area contributed by atoms with E-state index in [1.807, 2.05) is 24.3 Å². The van der Waals surface area contributed by atoms with Crippen LogP contribution in [-0.2, 0) is 13.1 Å². The van der Waals surface area contributed by atoms with Gasteiger partial charge in [0.25, 0.3) is 0 Å². The number of phenols is 1. The monoisotopic (exact) mass is 269 g/mol. The predicted octanol–water partition coefficient (Wildman–Crippen LogP) is 4.19. The summed E-state index contributed by atoms with van der Waals surface area (Å²) in [6.07, 6.45) is 2.37. The molecular formula is C18H23NO. The summed E-state index contributed by atoms with van der Waals surface area (Å²) < 4.78 is 0. The van der Waals surface area contributed by atoms with Crippen molar-refractivity contribution in [3.8, 4) is 5.75 Å². The maximum atomic E-state index is 9.92. The third-order valence-electron chi connectivity index (χ3n) is 3.46. The van der Waals surface area contributed by atoms with Gasteiger partial charge in [0.2, 0.25) is 0 Å². The Bertz CT molecular complexity index is 510. The number of benzene rings is 2. The molecule has 0 bridgehead atoms. The SMILES string of the molecule is CCCCN(Cc1ccccc1)Cc1ccccc1O. The first kappa shape index (κ1) is 14.6. The van der Waals surface area contributed by atoms with Crippen LogP contribution in [0.1, 0.15) is 30.9 Å². The van der Waals surface area contributed by atoms with E-state index in [2.05, 4.69) is 36.1 Å². The van der Waals surface area contributed by atoms with Gasteiger partial charge in [0, 0.05) is 18.7 Å². The minimum Gasteiger partial charge on any atom is -0.508 e. The van der Waals surface area contributed by atoms with Crippen molar-refractivity contribution < 1.29 is 5.11 Å². The van der Waals surface area contributed by atoms with E-state index in [4.69, 9.17) is 0 Å². The van der Waals surface area contributed by atoms with E-state index in [-0.39, 0.29) is 0 Å². The zero-order valence-electron chi connectivity index (χ0n) is 12.1. The predicted molar refractivity (Wildman–Crippen MR) is 83.6 cm³/mol. The van der Waals surface area contributed by atoms with Crippen molar-refractivity contribution in [1.82, 2.24) is 4.90 Å². The van der Waals surface area contributed by atoms with Gasteiger partial charge in [0.1, 0.15) is 5.75 Å². The van der Waals surface area contributed by atoms with Crippen LogP contribution in [-0.4, -0.2) is 16.6 Å². The van der Waals surface area contributed by atoms with Crippen molar-refractivity contribution in [1.29, 1.82) is 0 Å². The van der Waals surface area contributed by atoms with Crippen molar-refractivity contribution >= 4 is 0 Å². The van der Waals surface area contributed by atoms with E-state index in [0.717, 1.165) is 25.2 Å². The van der Waals surface area contributed by atoms with Crippen molar-refractivity contribution in [2.75, 3.05) is 6.54 Å². The maximum absolute atomic E-state index is 9.92. The Morgan fingerprint density at radius 1 is 0.900 bits per heavy atom. The van der Waals surface area contributed by atoms with Crippen LogP contribution < -0.4 is 0 Å². The lowest BCUT2D eigenvalue weighted by Gasteiger charge is -2.22. The van der Waals surface area contributed by atoms with Gasteiger partial charge in [0.15, 0.2) is 0 Å². The highest BCUT2D eigenvalue weighted by atomic mass is 16.3. The molecule has 0 aliphatic carbocycles. The Hall–Kier alpha value is -1.80. The minimum atomic E-state index is 0.391. The first-order chi connectivity index (χ1) is 9.79. The number of hydrogen-bond acceptors (Lipinski definition) is 2. The lowest BCUT2D eigenvalue weighted by molar-refractivity contribution is 0.249. The molecule has 0 saturated heterocycles. The number of hydrogen-bond donors (Lipinski definition) is 1. The van der Waals surface area contributed by atoms with Gasteiger partial charge in [-0.15, -0.1) is 0 Å². The van der Waals surface area contributed by atoms with E-state index in [9.17, 15) is 5.11 Å². The van der Waals surface area contributed by atoms with Crippen LogP contribution in [0.15, 0.2) is 54.6 Å². The quantitative estimate of drug-likeness (QED) is 0.814. The Balaban J connectivity index is 2.05. The van der Waals surface area contributed by atoms with Crippen molar-refractivity contribution in [3.05, 3.63) is 65.7 Å². The van der Waals surface area contributed by atoms with E-state index in [0.29, 0.717) is 5.75 Å². The van der Waals surface area contributed by atoms with Gasteiger partial charge in [-0.3, -0.25) is 4.90 Å². The molecule has 0 aliphatic rings. The summed E-state index contributed by atoms with van der Waals surface area (Å²) in [4.78, 5) is 2.40. The highest BCUT2D eigenvalue weighted by Gasteiger charge is 2.09. The molecule has 2 aromatic carbocycles. The fourth-order valence-corrected chi connectivity index (χ4v) is 2.32. The maximum Gasteiger partial charge on any atom is 0.120 e.